The van der Waals surface area contributed by atoms with Gasteiger partial charge in [0.15, 0.2) is 11.6 Å². The first-order valence-corrected chi connectivity index (χ1v) is 13.6. The number of allylic oxidation sites excluding steroid dienone is 1. The van der Waals surface area contributed by atoms with Crippen LogP contribution < -0.4 is 4.74 Å². The highest BCUT2D eigenvalue weighted by Crippen LogP contribution is 2.39. The van der Waals surface area contributed by atoms with E-state index in [0.29, 0.717) is 55.1 Å². The van der Waals surface area contributed by atoms with E-state index >= 15 is 0 Å². The topological polar surface area (TPSA) is 35.5 Å². The number of ether oxygens (including phenoxy) is 2. The van der Waals surface area contributed by atoms with Gasteiger partial charge in [-0.1, -0.05) is 38.0 Å². The van der Waals surface area contributed by atoms with Crippen molar-refractivity contribution < 1.29 is 27.4 Å². The van der Waals surface area contributed by atoms with Crippen LogP contribution in [0.2, 0.25) is 0 Å². The van der Waals surface area contributed by atoms with Crippen LogP contribution in [0.4, 0.5) is 13.2 Å². The molecule has 2 fully saturated rings. The van der Waals surface area contributed by atoms with Gasteiger partial charge >= 0.3 is 5.97 Å². The summed E-state index contributed by atoms with van der Waals surface area (Å²) in [5.41, 5.74) is 0.628. The van der Waals surface area contributed by atoms with Crippen LogP contribution >= 0.6 is 0 Å². The van der Waals surface area contributed by atoms with Crippen LogP contribution in [0.15, 0.2) is 43.0 Å². The highest BCUT2D eigenvalue weighted by molar-refractivity contribution is 5.90. The molecule has 2 aliphatic rings. The van der Waals surface area contributed by atoms with E-state index in [1.54, 1.807) is 18.2 Å². The molecule has 2 saturated carbocycles. The van der Waals surface area contributed by atoms with Gasteiger partial charge in [0.1, 0.15) is 17.7 Å². The standard InChI is InChI=1S/C31H37F3O3/c1-3-4-5-18-36-24-14-15-25(28(32)19-24)21-10-12-23(13-11-21)37-31(35)27-17-16-26(29(33)30(27)34)22-8-6-20(2)7-9-22/h3,14-17,19-23H,1,4-13,18H2,2H3. The molecular weight excluding hydrogens is 477 g/mol. The first kappa shape index (κ1) is 27.3. The maximum atomic E-state index is 14.9. The molecule has 0 amide bonds. The second-order valence-electron chi connectivity index (χ2n) is 10.6. The number of esters is 1. The van der Waals surface area contributed by atoms with E-state index in [0.717, 1.165) is 38.5 Å². The summed E-state index contributed by atoms with van der Waals surface area (Å²) < 4.78 is 55.6. The molecule has 2 aliphatic carbocycles. The minimum atomic E-state index is -1.12. The van der Waals surface area contributed by atoms with E-state index in [9.17, 15) is 18.0 Å². The van der Waals surface area contributed by atoms with Gasteiger partial charge in [0.05, 0.1) is 12.2 Å². The number of rotatable bonds is 9. The van der Waals surface area contributed by atoms with E-state index in [2.05, 4.69) is 13.5 Å². The van der Waals surface area contributed by atoms with Gasteiger partial charge in [0, 0.05) is 6.07 Å². The van der Waals surface area contributed by atoms with Crippen LogP contribution in [0.3, 0.4) is 0 Å². The Balaban J connectivity index is 1.31. The van der Waals surface area contributed by atoms with Gasteiger partial charge in [-0.3, -0.25) is 0 Å². The fourth-order valence-corrected chi connectivity index (χ4v) is 5.66. The lowest BCUT2D eigenvalue weighted by Crippen LogP contribution is -2.25. The van der Waals surface area contributed by atoms with E-state index in [4.69, 9.17) is 9.47 Å². The molecule has 0 heterocycles. The summed E-state index contributed by atoms with van der Waals surface area (Å²) in [7, 11) is 0. The predicted octanol–water partition coefficient (Wildman–Crippen LogP) is 8.63. The summed E-state index contributed by atoms with van der Waals surface area (Å²) in [5, 5.41) is 0. The molecule has 0 aromatic heterocycles. The van der Waals surface area contributed by atoms with Crippen molar-refractivity contribution in [3.8, 4) is 5.75 Å². The lowest BCUT2D eigenvalue weighted by Gasteiger charge is -2.29. The zero-order valence-electron chi connectivity index (χ0n) is 21.6. The average Bonchev–Trinajstić information content (AvgIpc) is 2.89. The zero-order chi connectivity index (χ0) is 26.4. The third kappa shape index (κ3) is 6.77. The predicted molar refractivity (Wildman–Crippen MR) is 138 cm³/mol. The van der Waals surface area contributed by atoms with Crippen molar-refractivity contribution in [1.82, 2.24) is 0 Å². The quantitative estimate of drug-likeness (QED) is 0.191. The number of hydrogen-bond acceptors (Lipinski definition) is 3. The van der Waals surface area contributed by atoms with Crippen LogP contribution in [0.1, 0.15) is 104 Å². The van der Waals surface area contributed by atoms with E-state index in [1.807, 2.05) is 6.08 Å². The van der Waals surface area contributed by atoms with Gasteiger partial charge in [-0.15, -0.1) is 6.58 Å². The largest absolute Gasteiger partial charge is 0.493 e. The second kappa shape index (κ2) is 12.7. The average molecular weight is 515 g/mol. The Kier molecular flexibility index (Phi) is 9.33. The molecule has 2 aromatic rings. The molecule has 0 N–H and O–H groups in total. The molecule has 0 aliphatic heterocycles. The maximum Gasteiger partial charge on any atom is 0.341 e. The molecule has 0 atom stereocenters. The molecule has 0 bridgehead atoms. The molecular formula is C31H37F3O3. The minimum Gasteiger partial charge on any atom is -0.493 e. The number of hydrogen-bond donors (Lipinski definition) is 0. The number of carbonyl (C=O) groups is 1. The van der Waals surface area contributed by atoms with E-state index < -0.39 is 23.7 Å². The fourth-order valence-electron chi connectivity index (χ4n) is 5.66. The van der Waals surface area contributed by atoms with Gasteiger partial charge in [-0.25, -0.2) is 18.0 Å². The Labute approximate surface area is 218 Å². The van der Waals surface area contributed by atoms with Gasteiger partial charge in [-0.05, 0) is 92.4 Å². The van der Waals surface area contributed by atoms with Gasteiger partial charge in [0.25, 0.3) is 0 Å². The Bertz CT molecular complexity index is 1080. The minimum absolute atomic E-state index is 0.00988. The number of carbonyl (C=O) groups excluding carboxylic acids is 1. The first-order valence-electron chi connectivity index (χ1n) is 13.6. The van der Waals surface area contributed by atoms with Crippen molar-refractivity contribution in [3.05, 3.63) is 77.1 Å². The lowest BCUT2D eigenvalue weighted by molar-refractivity contribution is 0.0188. The van der Waals surface area contributed by atoms with Crippen LogP contribution in [0.5, 0.6) is 5.75 Å². The van der Waals surface area contributed by atoms with Crippen molar-refractivity contribution in [2.24, 2.45) is 5.92 Å². The number of unbranched alkanes of at least 4 members (excludes halogenated alkanes) is 1. The van der Waals surface area contributed by atoms with Crippen molar-refractivity contribution in [2.75, 3.05) is 6.61 Å². The highest BCUT2D eigenvalue weighted by atomic mass is 19.2. The first-order chi connectivity index (χ1) is 17.9. The Morgan fingerprint density at radius 3 is 2.24 bits per heavy atom. The second-order valence-corrected chi connectivity index (χ2v) is 10.6. The molecule has 0 spiro atoms. The third-order valence-electron chi connectivity index (χ3n) is 7.97. The normalized spacial score (nSPS) is 23.9. The molecule has 4 rings (SSSR count). The smallest absolute Gasteiger partial charge is 0.341 e. The monoisotopic (exact) mass is 514 g/mol. The summed E-state index contributed by atoms with van der Waals surface area (Å²) in [4.78, 5) is 12.7. The van der Waals surface area contributed by atoms with Crippen molar-refractivity contribution in [1.29, 1.82) is 0 Å². The maximum absolute atomic E-state index is 14.9. The molecule has 0 unspecified atom stereocenters. The number of halogens is 3. The zero-order valence-corrected chi connectivity index (χ0v) is 21.6. The van der Waals surface area contributed by atoms with Gasteiger partial charge < -0.3 is 9.47 Å². The molecule has 0 radical (unpaired) electrons. The lowest BCUT2D eigenvalue weighted by atomic mass is 9.79. The molecule has 2 aromatic carbocycles. The molecule has 6 heteroatoms. The van der Waals surface area contributed by atoms with Gasteiger partial charge in [0.2, 0.25) is 0 Å². The number of benzene rings is 2. The highest BCUT2D eigenvalue weighted by Gasteiger charge is 2.30. The van der Waals surface area contributed by atoms with Crippen LogP contribution in [-0.4, -0.2) is 18.7 Å². The van der Waals surface area contributed by atoms with Crippen LogP contribution in [-0.2, 0) is 4.74 Å². The van der Waals surface area contributed by atoms with Crippen LogP contribution in [0, 0.1) is 23.4 Å². The summed E-state index contributed by atoms with van der Waals surface area (Å²) in [5.74, 6) is -2.08. The van der Waals surface area contributed by atoms with Crippen molar-refractivity contribution in [3.63, 3.8) is 0 Å². The summed E-state index contributed by atoms with van der Waals surface area (Å²) >= 11 is 0. The van der Waals surface area contributed by atoms with Crippen molar-refractivity contribution in [2.45, 2.75) is 89.1 Å². The SMILES string of the molecule is C=CCCCOc1ccc(C2CCC(OC(=O)c3ccc(C4CCC(C)CC4)c(F)c3F)CC2)c(F)c1. The van der Waals surface area contributed by atoms with E-state index in [-0.39, 0.29) is 23.2 Å². The summed E-state index contributed by atoms with van der Waals surface area (Å²) in [6.45, 7) is 6.36. The molecule has 0 saturated heterocycles. The Morgan fingerprint density at radius 2 is 1.57 bits per heavy atom. The third-order valence-corrected chi connectivity index (χ3v) is 7.97. The van der Waals surface area contributed by atoms with Crippen LogP contribution in [0.25, 0.3) is 0 Å². The molecule has 37 heavy (non-hydrogen) atoms. The Morgan fingerprint density at radius 1 is 0.919 bits per heavy atom. The molecule has 200 valence electrons. The Hall–Kier alpha value is -2.76. The summed E-state index contributed by atoms with van der Waals surface area (Å²) in [6, 6.07) is 7.87. The van der Waals surface area contributed by atoms with E-state index in [1.165, 1.54) is 12.1 Å². The fraction of sp³-hybridized carbons (Fsp3) is 0.516. The van der Waals surface area contributed by atoms with Crippen molar-refractivity contribution >= 4 is 5.97 Å². The van der Waals surface area contributed by atoms with Gasteiger partial charge in [-0.2, -0.15) is 0 Å². The summed E-state index contributed by atoms with van der Waals surface area (Å²) in [6.07, 6.45) is 9.12. The molecule has 3 nitrogen and oxygen atoms in total.